The van der Waals surface area contributed by atoms with E-state index >= 15 is 0 Å². The van der Waals surface area contributed by atoms with Crippen LogP contribution in [0.4, 0.5) is 10.8 Å². The summed E-state index contributed by atoms with van der Waals surface area (Å²) in [4.78, 5) is 13.8. The molecule has 180 valence electrons. The van der Waals surface area contributed by atoms with Crippen LogP contribution >= 0.6 is 58.4 Å². The summed E-state index contributed by atoms with van der Waals surface area (Å²) in [5, 5.41) is 13.2. The fourth-order valence-corrected chi connectivity index (χ4v) is 6.17. The third-order valence-corrected chi connectivity index (χ3v) is 7.86. The Hall–Kier alpha value is -1.84. The molecule has 3 aromatic rings. The Morgan fingerprint density at radius 3 is 2.65 bits per heavy atom. The number of fused-ring (bicyclic) bond motifs is 1. The lowest BCUT2D eigenvalue weighted by Gasteiger charge is -2.11. The van der Waals surface area contributed by atoms with E-state index in [1.54, 1.807) is 34.3 Å². The monoisotopic (exact) mass is 556 g/mol. The molecule has 0 spiro atoms. The number of thiocarbonyl (C=S) groups is 1. The Kier molecular flexibility index (Phi) is 8.37. The van der Waals surface area contributed by atoms with E-state index in [-0.39, 0.29) is 11.1 Å². The maximum Gasteiger partial charge on any atom is 0.341 e. The molecule has 4 rings (SSSR count). The normalized spacial score (nSPS) is 13.5. The van der Waals surface area contributed by atoms with Gasteiger partial charge in [-0.15, -0.1) is 11.3 Å². The van der Waals surface area contributed by atoms with E-state index in [1.807, 2.05) is 6.07 Å². The summed E-state index contributed by atoms with van der Waals surface area (Å²) >= 11 is 25.7. The molecule has 0 fully saturated rings. The van der Waals surface area contributed by atoms with Gasteiger partial charge in [-0.05, 0) is 61.2 Å². The largest absolute Gasteiger partial charge is 0.465 e. The zero-order valence-corrected chi connectivity index (χ0v) is 22.3. The maximum absolute atomic E-state index is 12.6. The van der Waals surface area contributed by atoms with Gasteiger partial charge in [0.05, 0.1) is 19.2 Å². The number of hydrogen-bond acceptors (Lipinski definition) is 5. The number of nitrogens with one attached hydrogen (secondary N) is 2. The molecule has 34 heavy (non-hydrogen) atoms. The van der Waals surface area contributed by atoms with Crippen LogP contribution in [-0.2, 0) is 24.1 Å². The number of ether oxygens (including phenoxy) is 1. The molecule has 1 aromatic carbocycles. The van der Waals surface area contributed by atoms with Crippen LogP contribution in [0.3, 0.4) is 0 Å². The van der Waals surface area contributed by atoms with Crippen molar-refractivity contribution >= 4 is 80.3 Å². The van der Waals surface area contributed by atoms with Crippen molar-refractivity contribution < 1.29 is 9.53 Å². The quantitative estimate of drug-likeness (QED) is 0.255. The van der Waals surface area contributed by atoms with Gasteiger partial charge in [-0.25, -0.2) is 4.79 Å². The minimum Gasteiger partial charge on any atom is -0.465 e. The first-order valence-electron chi connectivity index (χ1n) is 10.8. The van der Waals surface area contributed by atoms with E-state index in [0.717, 1.165) is 36.8 Å². The summed E-state index contributed by atoms with van der Waals surface area (Å²) in [6.07, 6.45) is 8.05. The maximum atomic E-state index is 12.6. The lowest BCUT2D eigenvalue weighted by Crippen LogP contribution is -2.21. The van der Waals surface area contributed by atoms with Crippen molar-refractivity contribution in [3.05, 3.63) is 61.0 Å². The summed E-state index contributed by atoms with van der Waals surface area (Å²) in [7, 11) is 1.40. The Morgan fingerprint density at radius 2 is 1.91 bits per heavy atom. The zero-order valence-electron chi connectivity index (χ0n) is 18.4. The van der Waals surface area contributed by atoms with Gasteiger partial charge in [-0.2, -0.15) is 5.10 Å². The number of halogens is 3. The molecule has 1 aliphatic rings. The van der Waals surface area contributed by atoms with Crippen molar-refractivity contribution in [2.45, 2.75) is 45.1 Å². The number of esters is 1. The van der Waals surface area contributed by atoms with Crippen LogP contribution in [0.25, 0.3) is 0 Å². The minimum atomic E-state index is -0.356. The second-order valence-electron chi connectivity index (χ2n) is 7.95. The van der Waals surface area contributed by atoms with Gasteiger partial charge in [0.1, 0.15) is 10.0 Å². The fraction of sp³-hybridized carbons (Fsp3) is 0.348. The van der Waals surface area contributed by atoms with Gasteiger partial charge in [0.25, 0.3) is 0 Å². The van der Waals surface area contributed by atoms with Gasteiger partial charge in [-0.3, -0.25) is 4.68 Å². The molecule has 2 N–H and O–H groups in total. The van der Waals surface area contributed by atoms with Crippen molar-refractivity contribution in [3.63, 3.8) is 0 Å². The zero-order chi connectivity index (χ0) is 24.2. The first kappa shape index (κ1) is 25.3. The molecule has 0 atom stereocenters. The van der Waals surface area contributed by atoms with Crippen LogP contribution < -0.4 is 10.6 Å². The number of hydrogen-bond donors (Lipinski definition) is 2. The number of aromatic nitrogens is 2. The van der Waals surface area contributed by atoms with Crippen LogP contribution in [0.15, 0.2) is 24.4 Å². The van der Waals surface area contributed by atoms with E-state index in [0.29, 0.717) is 38.0 Å². The molecule has 0 bridgehead atoms. The lowest BCUT2D eigenvalue weighted by molar-refractivity contribution is 0.0601. The number of carbonyl (C=O) groups is 1. The molecular weight excluding hydrogens is 535 g/mol. The van der Waals surface area contributed by atoms with Crippen molar-refractivity contribution in [3.8, 4) is 0 Å². The highest BCUT2D eigenvalue weighted by atomic mass is 35.5. The number of anilines is 2. The highest BCUT2D eigenvalue weighted by Crippen LogP contribution is 2.37. The van der Waals surface area contributed by atoms with Gasteiger partial charge in [0.2, 0.25) is 0 Å². The summed E-state index contributed by atoms with van der Waals surface area (Å²) in [5.74, 6) is 0.0457. The Balaban J connectivity index is 1.51. The minimum absolute atomic E-state index is 0.288. The highest BCUT2D eigenvalue weighted by Gasteiger charge is 2.25. The van der Waals surface area contributed by atoms with Gasteiger partial charge >= 0.3 is 5.97 Å². The van der Waals surface area contributed by atoms with E-state index in [4.69, 9.17) is 51.8 Å². The molecular formula is C23H23Cl3N4O2S2. The second-order valence-corrected chi connectivity index (χ2v) is 10.7. The molecule has 2 aromatic heterocycles. The molecule has 0 radical (unpaired) electrons. The average molecular weight is 558 g/mol. The molecule has 0 unspecified atom stereocenters. The van der Waals surface area contributed by atoms with Crippen LogP contribution in [-0.4, -0.2) is 28.0 Å². The number of nitrogens with zero attached hydrogens (tertiary/aromatic N) is 2. The number of benzene rings is 1. The summed E-state index contributed by atoms with van der Waals surface area (Å²) in [6, 6.07) is 5.30. The second kappa shape index (κ2) is 11.3. The van der Waals surface area contributed by atoms with Crippen molar-refractivity contribution in [1.29, 1.82) is 0 Å². The summed E-state index contributed by atoms with van der Waals surface area (Å²) in [6.45, 7) is 0.418. The number of methoxy groups -OCH3 is 1. The van der Waals surface area contributed by atoms with Crippen LogP contribution in [0, 0.1) is 0 Å². The first-order chi connectivity index (χ1) is 16.4. The summed E-state index contributed by atoms with van der Waals surface area (Å²) < 4.78 is 6.74. The molecule has 2 heterocycles. The Labute approximate surface area is 222 Å². The van der Waals surface area contributed by atoms with Gasteiger partial charge < -0.3 is 15.4 Å². The fourth-order valence-electron chi connectivity index (χ4n) is 3.95. The number of aryl methyl sites for hydroxylation is 1. The smallest absolute Gasteiger partial charge is 0.341 e. The third kappa shape index (κ3) is 5.86. The predicted octanol–water partition coefficient (Wildman–Crippen LogP) is 7.21. The van der Waals surface area contributed by atoms with Crippen molar-refractivity contribution in [1.82, 2.24) is 9.78 Å². The SMILES string of the molecule is COC(=O)c1c(NC(=S)Nc2nn(Cc3ccc(Cl)cc3Cl)cc2Cl)sc2c1CCCCCC2. The van der Waals surface area contributed by atoms with Crippen LogP contribution in [0.1, 0.15) is 52.0 Å². The number of thiophene rings is 1. The van der Waals surface area contributed by atoms with Gasteiger partial charge in [0.15, 0.2) is 10.9 Å². The average Bonchev–Trinajstić information content (AvgIpc) is 3.28. The standard InChI is InChI=1S/C23H23Cl3N4O2S2/c1-32-22(31)19-15-6-4-2-3-5-7-18(15)34-21(19)28-23(33)27-20-17(26)12-30(29-20)11-13-8-9-14(24)10-16(13)25/h8-10,12H,2-7,11H2,1H3,(H2,27,28,29,33). The molecule has 11 heteroatoms. The first-order valence-corrected chi connectivity index (χ1v) is 13.2. The highest BCUT2D eigenvalue weighted by molar-refractivity contribution is 7.80. The van der Waals surface area contributed by atoms with E-state index in [2.05, 4.69) is 15.7 Å². The molecule has 0 saturated carbocycles. The van der Waals surface area contributed by atoms with Gasteiger partial charge in [-0.1, -0.05) is 53.7 Å². The van der Waals surface area contributed by atoms with Gasteiger partial charge in [0, 0.05) is 21.1 Å². The van der Waals surface area contributed by atoms with Crippen molar-refractivity contribution in [2.24, 2.45) is 0 Å². The molecule has 0 amide bonds. The predicted molar refractivity (Wildman–Crippen MR) is 144 cm³/mol. The molecule has 0 saturated heterocycles. The topological polar surface area (TPSA) is 68.2 Å². The Morgan fingerprint density at radius 1 is 1.15 bits per heavy atom. The molecule has 0 aliphatic heterocycles. The van der Waals surface area contributed by atoms with E-state index in [1.165, 1.54) is 24.8 Å². The third-order valence-electron chi connectivity index (χ3n) is 5.58. The summed E-state index contributed by atoms with van der Waals surface area (Å²) in [5.41, 5.74) is 2.50. The number of rotatable bonds is 5. The number of carbonyl (C=O) groups excluding carboxylic acids is 1. The van der Waals surface area contributed by atoms with Crippen LogP contribution in [0.5, 0.6) is 0 Å². The van der Waals surface area contributed by atoms with E-state index < -0.39 is 0 Å². The molecule has 6 nitrogen and oxygen atoms in total. The van der Waals surface area contributed by atoms with Crippen LogP contribution in [0.2, 0.25) is 15.1 Å². The lowest BCUT2D eigenvalue weighted by atomic mass is 9.96. The molecule has 1 aliphatic carbocycles. The Bertz CT molecular complexity index is 1230. The van der Waals surface area contributed by atoms with E-state index in [9.17, 15) is 4.79 Å². The van der Waals surface area contributed by atoms with Crippen molar-refractivity contribution in [2.75, 3.05) is 17.7 Å².